The van der Waals surface area contributed by atoms with Gasteiger partial charge in [-0.2, -0.15) is 0 Å². The molecule has 0 aliphatic heterocycles. The standard InChI is InChI=1S/C13H13N/c1-3-10(2)12-8-11-6-4-5-7-13(11)14-9-12/h3-9H,1-2H3. The van der Waals surface area contributed by atoms with Crippen molar-refractivity contribution in [2.45, 2.75) is 13.8 Å². The summed E-state index contributed by atoms with van der Waals surface area (Å²) in [4.78, 5) is 4.41. The van der Waals surface area contributed by atoms with Gasteiger partial charge in [-0.3, -0.25) is 4.98 Å². The van der Waals surface area contributed by atoms with E-state index in [0.717, 1.165) is 5.52 Å². The Balaban J connectivity index is 2.62. The molecule has 2 aromatic rings. The van der Waals surface area contributed by atoms with Crippen molar-refractivity contribution in [1.29, 1.82) is 0 Å². The van der Waals surface area contributed by atoms with Crippen molar-refractivity contribution in [2.24, 2.45) is 0 Å². The van der Waals surface area contributed by atoms with Gasteiger partial charge in [-0.15, -0.1) is 0 Å². The summed E-state index contributed by atoms with van der Waals surface area (Å²) in [7, 11) is 0. The van der Waals surface area contributed by atoms with Crippen LogP contribution in [0.5, 0.6) is 0 Å². The summed E-state index contributed by atoms with van der Waals surface area (Å²) in [5.41, 5.74) is 3.52. The molecule has 1 heterocycles. The number of rotatable bonds is 1. The molecule has 0 unspecified atom stereocenters. The molecule has 0 radical (unpaired) electrons. The lowest BCUT2D eigenvalue weighted by atomic mass is 10.1. The lowest BCUT2D eigenvalue weighted by molar-refractivity contribution is 1.38. The van der Waals surface area contributed by atoms with E-state index >= 15 is 0 Å². The van der Waals surface area contributed by atoms with Crippen LogP contribution in [0.4, 0.5) is 0 Å². The van der Waals surface area contributed by atoms with Crippen LogP contribution in [-0.4, -0.2) is 4.98 Å². The Hall–Kier alpha value is -1.63. The second-order valence-electron chi connectivity index (χ2n) is 3.39. The predicted octanol–water partition coefficient (Wildman–Crippen LogP) is 3.66. The molecule has 0 N–H and O–H groups in total. The molecule has 0 saturated carbocycles. The van der Waals surface area contributed by atoms with Crippen LogP contribution in [0.1, 0.15) is 19.4 Å². The van der Waals surface area contributed by atoms with Crippen LogP contribution < -0.4 is 0 Å². The average molecular weight is 183 g/mol. The van der Waals surface area contributed by atoms with E-state index in [0.29, 0.717) is 0 Å². The molecule has 70 valence electrons. The average Bonchev–Trinajstić information content (AvgIpc) is 2.27. The van der Waals surface area contributed by atoms with E-state index in [9.17, 15) is 0 Å². The van der Waals surface area contributed by atoms with Crippen molar-refractivity contribution in [3.8, 4) is 0 Å². The van der Waals surface area contributed by atoms with Gasteiger partial charge in [0.2, 0.25) is 0 Å². The quantitative estimate of drug-likeness (QED) is 0.657. The van der Waals surface area contributed by atoms with Crippen molar-refractivity contribution in [1.82, 2.24) is 4.98 Å². The maximum Gasteiger partial charge on any atom is 0.0702 e. The van der Waals surface area contributed by atoms with Crippen LogP contribution in [0.15, 0.2) is 42.6 Å². The van der Waals surface area contributed by atoms with E-state index in [1.54, 1.807) is 0 Å². The second kappa shape index (κ2) is 3.62. The Labute approximate surface area is 84.1 Å². The van der Waals surface area contributed by atoms with Crippen molar-refractivity contribution < 1.29 is 0 Å². The molecular formula is C13H13N. The highest BCUT2D eigenvalue weighted by molar-refractivity contribution is 5.82. The number of fused-ring (bicyclic) bond motifs is 1. The minimum absolute atomic E-state index is 1.06. The van der Waals surface area contributed by atoms with Gasteiger partial charge < -0.3 is 0 Å². The van der Waals surface area contributed by atoms with Crippen LogP contribution in [-0.2, 0) is 0 Å². The van der Waals surface area contributed by atoms with Gasteiger partial charge in [-0.1, -0.05) is 24.3 Å². The molecule has 0 fully saturated rings. The largest absolute Gasteiger partial charge is 0.256 e. The highest BCUT2D eigenvalue weighted by Gasteiger charge is 1.97. The summed E-state index contributed by atoms with van der Waals surface area (Å²) in [5.74, 6) is 0. The Morgan fingerprint density at radius 3 is 2.86 bits per heavy atom. The first-order valence-electron chi connectivity index (χ1n) is 4.79. The Morgan fingerprint density at radius 1 is 1.29 bits per heavy atom. The molecule has 0 aliphatic carbocycles. The van der Waals surface area contributed by atoms with E-state index in [1.807, 2.05) is 31.3 Å². The third-order valence-electron chi connectivity index (χ3n) is 2.48. The minimum Gasteiger partial charge on any atom is -0.256 e. The molecular weight excluding hydrogens is 170 g/mol. The van der Waals surface area contributed by atoms with E-state index < -0.39 is 0 Å². The van der Waals surface area contributed by atoms with Crippen molar-refractivity contribution >= 4 is 16.5 Å². The third-order valence-corrected chi connectivity index (χ3v) is 2.48. The summed E-state index contributed by atoms with van der Waals surface area (Å²) in [6.07, 6.45) is 4.03. The zero-order valence-electron chi connectivity index (χ0n) is 8.49. The lowest BCUT2D eigenvalue weighted by Crippen LogP contribution is -1.83. The normalized spacial score (nSPS) is 12.0. The predicted molar refractivity (Wildman–Crippen MR) is 61.1 cm³/mol. The van der Waals surface area contributed by atoms with Crippen LogP contribution in [0.25, 0.3) is 16.5 Å². The Morgan fingerprint density at radius 2 is 2.07 bits per heavy atom. The van der Waals surface area contributed by atoms with Gasteiger partial charge in [-0.25, -0.2) is 0 Å². The Bertz CT molecular complexity index is 483. The highest BCUT2D eigenvalue weighted by atomic mass is 14.6. The Kier molecular flexibility index (Phi) is 2.32. The number of hydrogen-bond donors (Lipinski definition) is 0. The molecule has 0 amide bonds. The third kappa shape index (κ3) is 1.53. The van der Waals surface area contributed by atoms with Crippen molar-refractivity contribution in [3.05, 3.63) is 48.2 Å². The van der Waals surface area contributed by atoms with Crippen LogP contribution in [0, 0.1) is 0 Å². The molecule has 1 heteroatoms. The van der Waals surface area contributed by atoms with Gasteiger partial charge in [0.1, 0.15) is 0 Å². The summed E-state index contributed by atoms with van der Waals surface area (Å²) in [6, 6.07) is 10.4. The molecule has 0 atom stereocenters. The molecule has 1 aromatic heterocycles. The first kappa shape index (κ1) is 8.95. The molecule has 0 saturated heterocycles. The molecule has 1 aromatic carbocycles. The number of benzene rings is 1. The molecule has 14 heavy (non-hydrogen) atoms. The minimum atomic E-state index is 1.06. The van der Waals surface area contributed by atoms with E-state index in [4.69, 9.17) is 0 Å². The van der Waals surface area contributed by atoms with Gasteiger partial charge in [-0.05, 0) is 37.1 Å². The monoisotopic (exact) mass is 183 g/mol. The van der Waals surface area contributed by atoms with E-state index in [-0.39, 0.29) is 0 Å². The maximum atomic E-state index is 4.41. The van der Waals surface area contributed by atoms with Gasteiger partial charge in [0.05, 0.1) is 5.52 Å². The van der Waals surface area contributed by atoms with Gasteiger partial charge in [0.25, 0.3) is 0 Å². The molecule has 0 spiro atoms. The lowest BCUT2D eigenvalue weighted by Gasteiger charge is -2.02. The van der Waals surface area contributed by atoms with E-state index in [2.05, 4.69) is 30.1 Å². The summed E-state index contributed by atoms with van der Waals surface area (Å²) in [5, 5.41) is 1.20. The smallest absolute Gasteiger partial charge is 0.0702 e. The van der Waals surface area contributed by atoms with Gasteiger partial charge in [0, 0.05) is 11.6 Å². The molecule has 0 bridgehead atoms. The number of pyridine rings is 1. The molecule has 0 aliphatic rings. The van der Waals surface area contributed by atoms with Crippen LogP contribution in [0.3, 0.4) is 0 Å². The number of hydrogen-bond acceptors (Lipinski definition) is 1. The molecule has 1 nitrogen and oxygen atoms in total. The summed E-state index contributed by atoms with van der Waals surface area (Å²) >= 11 is 0. The molecule has 2 rings (SSSR count). The fourth-order valence-electron chi connectivity index (χ4n) is 1.45. The zero-order valence-corrected chi connectivity index (χ0v) is 8.49. The maximum absolute atomic E-state index is 4.41. The highest BCUT2D eigenvalue weighted by Crippen LogP contribution is 2.18. The SMILES string of the molecule is CC=C(C)c1cnc2ccccc2c1. The van der Waals surface area contributed by atoms with E-state index in [1.165, 1.54) is 16.5 Å². The number of allylic oxidation sites excluding steroid dienone is 2. The first-order chi connectivity index (χ1) is 6.81. The topological polar surface area (TPSA) is 12.9 Å². The van der Waals surface area contributed by atoms with Crippen molar-refractivity contribution in [2.75, 3.05) is 0 Å². The summed E-state index contributed by atoms with van der Waals surface area (Å²) in [6.45, 7) is 4.15. The summed E-state index contributed by atoms with van der Waals surface area (Å²) < 4.78 is 0. The van der Waals surface area contributed by atoms with Gasteiger partial charge in [0.15, 0.2) is 0 Å². The number of aromatic nitrogens is 1. The zero-order chi connectivity index (χ0) is 9.97. The second-order valence-corrected chi connectivity index (χ2v) is 3.39. The van der Waals surface area contributed by atoms with Crippen molar-refractivity contribution in [3.63, 3.8) is 0 Å². The fourth-order valence-corrected chi connectivity index (χ4v) is 1.45. The fraction of sp³-hybridized carbons (Fsp3) is 0.154. The number of para-hydroxylation sites is 1. The first-order valence-corrected chi connectivity index (χ1v) is 4.79. The van der Waals surface area contributed by atoms with Crippen LogP contribution >= 0.6 is 0 Å². The van der Waals surface area contributed by atoms with Gasteiger partial charge >= 0.3 is 0 Å². The number of nitrogens with zero attached hydrogens (tertiary/aromatic N) is 1. The van der Waals surface area contributed by atoms with Crippen LogP contribution in [0.2, 0.25) is 0 Å².